The predicted molar refractivity (Wildman–Crippen MR) is 114 cm³/mol. The van der Waals surface area contributed by atoms with Crippen LogP contribution < -0.4 is 0 Å². The summed E-state index contributed by atoms with van der Waals surface area (Å²) in [6.07, 6.45) is 5.13. The molecule has 1 aliphatic carbocycles. The third-order valence-electron chi connectivity index (χ3n) is 5.52. The molecule has 2 atom stereocenters. The van der Waals surface area contributed by atoms with Crippen LogP contribution >= 0.6 is 17.0 Å². The summed E-state index contributed by atoms with van der Waals surface area (Å²) in [5.41, 5.74) is 7.48. The van der Waals surface area contributed by atoms with Gasteiger partial charge < -0.3 is 5.11 Å². The minimum atomic E-state index is -0.406. The number of rotatable bonds is 3. The number of nitrogens with zero attached hydrogens (tertiary/aromatic N) is 1. The maximum Gasteiger partial charge on any atom is 0.123 e. The van der Waals surface area contributed by atoms with Gasteiger partial charge in [-0.25, -0.2) is 4.39 Å². The third-order valence-corrected chi connectivity index (χ3v) is 5.52. The van der Waals surface area contributed by atoms with Crippen molar-refractivity contribution in [1.82, 2.24) is 4.90 Å². The van der Waals surface area contributed by atoms with Gasteiger partial charge in [-0.2, -0.15) is 0 Å². The lowest BCUT2D eigenvalue weighted by molar-refractivity contribution is 0.0246. The summed E-state index contributed by atoms with van der Waals surface area (Å²) in [6, 6.07) is 13.4. The molecule has 0 fully saturated rings. The van der Waals surface area contributed by atoms with Crippen molar-refractivity contribution in [1.29, 1.82) is 0 Å². The van der Waals surface area contributed by atoms with Gasteiger partial charge in [0.25, 0.3) is 0 Å². The summed E-state index contributed by atoms with van der Waals surface area (Å²) in [6.45, 7) is 5.60. The number of fused-ring (bicyclic) bond motifs is 1. The van der Waals surface area contributed by atoms with Gasteiger partial charge in [0, 0.05) is 19.0 Å². The molecule has 2 aromatic carbocycles. The molecular formula is C23H25BrFNO. The SMILES string of the molecule is Br.Cc1ccc2c(c1)C(C1=CCN(C(C)O)CC1)C=C2c1ccc(F)cc1. The van der Waals surface area contributed by atoms with Crippen LogP contribution in [0, 0.1) is 12.7 Å². The number of hydrogen-bond acceptors (Lipinski definition) is 2. The maximum atomic E-state index is 13.3. The Bertz CT molecular complexity index is 886. The van der Waals surface area contributed by atoms with E-state index in [1.807, 2.05) is 19.1 Å². The number of allylic oxidation sites excluding steroid dienone is 1. The molecule has 2 aliphatic rings. The number of halogens is 2. The van der Waals surface area contributed by atoms with E-state index in [4.69, 9.17) is 0 Å². The van der Waals surface area contributed by atoms with Crippen molar-refractivity contribution in [3.05, 3.63) is 88.3 Å². The molecule has 1 aliphatic heterocycles. The van der Waals surface area contributed by atoms with Crippen molar-refractivity contribution in [2.75, 3.05) is 13.1 Å². The molecule has 1 N–H and O–H groups in total. The van der Waals surface area contributed by atoms with E-state index in [1.54, 1.807) is 0 Å². The zero-order valence-corrected chi connectivity index (χ0v) is 17.4. The lowest BCUT2D eigenvalue weighted by atomic mass is 9.88. The van der Waals surface area contributed by atoms with Gasteiger partial charge in [-0.1, -0.05) is 53.6 Å². The van der Waals surface area contributed by atoms with Crippen LogP contribution in [0.5, 0.6) is 0 Å². The zero-order valence-electron chi connectivity index (χ0n) is 15.7. The largest absolute Gasteiger partial charge is 0.379 e. The molecule has 4 heteroatoms. The summed E-state index contributed by atoms with van der Waals surface area (Å²) >= 11 is 0. The Morgan fingerprint density at radius 3 is 2.52 bits per heavy atom. The number of aliphatic hydroxyl groups excluding tert-OH is 1. The molecule has 4 rings (SSSR count). The summed E-state index contributed by atoms with van der Waals surface area (Å²) in [4.78, 5) is 2.07. The van der Waals surface area contributed by atoms with Gasteiger partial charge in [-0.15, -0.1) is 17.0 Å². The second kappa shape index (κ2) is 8.09. The van der Waals surface area contributed by atoms with Gasteiger partial charge in [0.15, 0.2) is 0 Å². The summed E-state index contributed by atoms with van der Waals surface area (Å²) in [5, 5.41) is 9.79. The number of aliphatic hydroxyl groups is 1. The molecule has 0 bridgehead atoms. The van der Waals surface area contributed by atoms with E-state index in [9.17, 15) is 9.50 Å². The highest BCUT2D eigenvalue weighted by Gasteiger charge is 2.28. The molecule has 2 nitrogen and oxygen atoms in total. The lowest BCUT2D eigenvalue weighted by Crippen LogP contribution is -2.36. The van der Waals surface area contributed by atoms with Gasteiger partial charge in [-0.3, -0.25) is 4.90 Å². The zero-order chi connectivity index (χ0) is 18.3. The van der Waals surface area contributed by atoms with Crippen LogP contribution in [0.15, 0.2) is 60.2 Å². The van der Waals surface area contributed by atoms with Gasteiger partial charge in [0.1, 0.15) is 12.0 Å². The first-order valence-electron chi connectivity index (χ1n) is 9.22. The molecule has 0 saturated carbocycles. The molecule has 0 radical (unpaired) electrons. The Labute approximate surface area is 170 Å². The first-order chi connectivity index (χ1) is 12.5. The van der Waals surface area contributed by atoms with Crippen LogP contribution in [0.3, 0.4) is 0 Å². The highest BCUT2D eigenvalue weighted by atomic mass is 79.9. The van der Waals surface area contributed by atoms with Gasteiger partial charge in [0.2, 0.25) is 0 Å². The molecule has 27 heavy (non-hydrogen) atoms. The van der Waals surface area contributed by atoms with Crippen molar-refractivity contribution in [2.24, 2.45) is 0 Å². The molecule has 1 heterocycles. The van der Waals surface area contributed by atoms with E-state index < -0.39 is 6.23 Å². The first-order valence-corrected chi connectivity index (χ1v) is 9.22. The van der Waals surface area contributed by atoms with Crippen LogP contribution in [-0.2, 0) is 0 Å². The molecule has 0 saturated heterocycles. The third kappa shape index (κ3) is 3.93. The smallest absolute Gasteiger partial charge is 0.123 e. The second-order valence-corrected chi connectivity index (χ2v) is 7.31. The van der Waals surface area contributed by atoms with E-state index in [0.717, 1.165) is 25.1 Å². The molecule has 0 spiro atoms. The molecule has 0 aromatic heterocycles. The van der Waals surface area contributed by atoms with E-state index in [1.165, 1.54) is 40.0 Å². The standard InChI is InChI=1S/C23H24FNO.BrH/c1-15-3-8-20-21(17-4-6-19(24)7-5-17)14-22(23(20)13-15)18-9-11-25(12-10-18)16(2)26;/h3-9,13-14,16,22,26H,10-12H2,1-2H3;1H. The summed E-state index contributed by atoms with van der Waals surface area (Å²) in [5.74, 6) is 0.0577. The number of aryl methyl sites for hydroxylation is 1. The highest BCUT2D eigenvalue weighted by Crippen LogP contribution is 2.44. The number of benzene rings is 2. The molecule has 2 unspecified atom stereocenters. The Balaban J connectivity index is 0.00000210. The van der Waals surface area contributed by atoms with Crippen LogP contribution in [0.25, 0.3) is 5.57 Å². The van der Waals surface area contributed by atoms with Crippen molar-refractivity contribution in [2.45, 2.75) is 32.4 Å². The molecule has 2 aromatic rings. The Morgan fingerprint density at radius 1 is 1.15 bits per heavy atom. The Morgan fingerprint density at radius 2 is 1.89 bits per heavy atom. The number of hydrogen-bond donors (Lipinski definition) is 1. The normalized spacial score (nSPS) is 20.4. The van der Waals surface area contributed by atoms with Crippen molar-refractivity contribution >= 4 is 22.6 Å². The maximum absolute atomic E-state index is 13.3. The topological polar surface area (TPSA) is 23.5 Å². The Hall–Kier alpha value is -1.75. The fourth-order valence-electron chi connectivity index (χ4n) is 4.04. The summed E-state index contributed by atoms with van der Waals surface area (Å²) in [7, 11) is 0. The van der Waals surface area contributed by atoms with Crippen LogP contribution in [0.1, 0.15) is 41.5 Å². The van der Waals surface area contributed by atoms with Crippen LogP contribution in [0.4, 0.5) is 4.39 Å². The lowest BCUT2D eigenvalue weighted by Gasteiger charge is -2.30. The first kappa shape index (κ1) is 20.0. The predicted octanol–water partition coefficient (Wildman–Crippen LogP) is 5.21. The quantitative estimate of drug-likeness (QED) is 0.676. The van der Waals surface area contributed by atoms with Crippen LogP contribution in [0.2, 0.25) is 0 Å². The monoisotopic (exact) mass is 429 g/mol. The van der Waals surface area contributed by atoms with E-state index in [2.05, 4.69) is 42.2 Å². The van der Waals surface area contributed by atoms with E-state index >= 15 is 0 Å². The average molecular weight is 430 g/mol. The molecule has 142 valence electrons. The van der Waals surface area contributed by atoms with E-state index in [-0.39, 0.29) is 28.7 Å². The fraction of sp³-hybridized carbons (Fsp3) is 0.304. The minimum absolute atomic E-state index is 0. The average Bonchev–Trinajstić information content (AvgIpc) is 3.01. The van der Waals surface area contributed by atoms with Crippen LogP contribution in [-0.4, -0.2) is 29.3 Å². The minimum Gasteiger partial charge on any atom is -0.379 e. The van der Waals surface area contributed by atoms with Crippen molar-refractivity contribution in [3.8, 4) is 0 Å². The van der Waals surface area contributed by atoms with Gasteiger partial charge in [0.05, 0.1) is 0 Å². The summed E-state index contributed by atoms with van der Waals surface area (Å²) < 4.78 is 13.3. The second-order valence-electron chi connectivity index (χ2n) is 7.31. The molecule has 0 amide bonds. The van der Waals surface area contributed by atoms with Crippen molar-refractivity contribution < 1.29 is 9.50 Å². The van der Waals surface area contributed by atoms with Crippen molar-refractivity contribution in [3.63, 3.8) is 0 Å². The highest BCUT2D eigenvalue weighted by molar-refractivity contribution is 8.93. The Kier molecular flexibility index (Phi) is 5.99. The van der Waals surface area contributed by atoms with Gasteiger partial charge in [-0.05, 0) is 54.7 Å². The molecular weight excluding hydrogens is 405 g/mol. The van der Waals surface area contributed by atoms with E-state index in [0.29, 0.717) is 0 Å². The van der Waals surface area contributed by atoms with Gasteiger partial charge >= 0.3 is 0 Å². The fourth-order valence-corrected chi connectivity index (χ4v) is 4.04.